The summed E-state index contributed by atoms with van der Waals surface area (Å²) in [5, 5.41) is 3.95. The van der Waals surface area contributed by atoms with Crippen LogP contribution in [0.4, 0.5) is 5.69 Å². The summed E-state index contributed by atoms with van der Waals surface area (Å²) in [6.07, 6.45) is 3.66. The molecule has 3 heterocycles. The van der Waals surface area contributed by atoms with Gasteiger partial charge in [-0.25, -0.2) is 9.98 Å². The van der Waals surface area contributed by atoms with Gasteiger partial charge in [-0.15, -0.1) is 0 Å². The van der Waals surface area contributed by atoms with Crippen LogP contribution < -0.4 is 5.32 Å². The molecule has 4 rings (SSSR count). The van der Waals surface area contributed by atoms with E-state index in [4.69, 9.17) is 11.6 Å². The van der Waals surface area contributed by atoms with Gasteiger partial charge in [-0.05, 0) is 73.6 Å². The normalized spacial score (nSPS) is 16.8. The zero-order chi connectivity index (χ0) is 19.7. The van der Waals surface area contributed by atoms with Crippen molar-refractivity contribution in [3.8, 4) is 5.82 Å². The number of amides is 1. The first kappa shape index (κ1) is 18.5. The van der Waals surface area contributed by atoms with Gasteiger partial charge in [-0.2, -0.15) is 0 Å². The van der Waals surface area contributed by atoms with Crippen molar-refractivity contribution in [3.05, 3.63) is 81.6 Å². The van der Waals surface area contributed by atoms with Gasteiger partial charge in [-0.3, -0.25) is 4.79 Å². The summed E-state index contributed by atoms with van der Waals surface area (Å²) in [7, 11) is 0. The minimum Gasteiger partial charge on any atom is -0.303 e. The molecule has 1 fully saturated rings. The first-order chi connectivity index (χ1) is 13.5. The second-order valence-corrected chi connectivity index (χ2v) is 7.78. The highest BCUT2D eigenvalue weighted by atomic mass is 35.5. The molecule has 7 heteroatoms. The SMILES string of the molecule is Cc1cc(/C=C2\SC(=Nc3cccc(Cl)c3)NC2=O)c(C)n1-c1ccccn1. The number of pyridine rings is 1. The first-order valence-corrected chi connectivity index (χ1v) is 9.86. The average Bonchev–Trinajstić information content (AvgIpc) is 3.14. The maximum atomic E-state index is 12.4. The lowest BCUT2D eigenvalue weighted by atomic mass is 10.2. The van der Waals surface area contributed by atoms with Gasteiger partial charge in [0.15, 0.2) is 5.17 Å². The molecule has 1 saturated heterocycles. The van der Waals surface area contributed by atoms with Crippen molar-refractivity contribution in [3.63, 3.8) is 0 Å². The summed E-state index contributed by atoms with van der Waals surface area (Å²) in [5.74, 6) is 0.697. The Bertz CT molecular complexity index is 1120. The number of thioether (sulfide) groups is 1. The molecule has 3 aromatic rings. The fourth-order valence-electron chi connectivity index (χ4n) is 3.06. The number of nitrogens with zero attached hydrogens (tertiary/aromatic N) is 3. The van der Waals surface area contributed by atoms with E-state index < -0.39 is 0 Å². The fourth-order valence-corrected chi connectivity index (χ4v) is 4.07. The molecule has 0 atom stereocenters. The molecule has 1 N–H and O–H groups in total. The van der Waals surface area contributed by atoms with Crippen LogP contribution in [0.3, 0.4) is 0 Å². The number of hydrogen-bond donors (Lipinski definition) is 1. The molecule has 0 bridgehead atoms. The minimum atomic E-state index is -0.159. The molecule has 0 aliphatic carbocycles. The Labute approximate surface area is 172 Å². The number of nitrogens with one attached hydrogen (secondary N) is 1. The fraction of sp³-hybridized carbons (Fsp3) is 0.0952. The number of rotatable bonds is 3. The molecule has 0 unspecified atom stereocenters. The second kappa shape index (κ2) is 7.66. The molecule has 5 nitrogen and oxygen atoms in total. The van der Waals surface area contributed by atoms with E-state index in [1.54, 1.807) is 18.3 Å². The van der Waals surface area contributed by atoms with E-state index in [0.29, 0.717) is 20.8 Å². The number of carbonyl (C=O) groups excluding carboxylic acids is 1. The summed E-state index contributed by atoms with van der Waals surface area (Å²) < 4.78 is 2.07. The highest BCUT2D eigenvalue weighted by Crippen LogP contribution is 2.30. The van der Waals surface area contributed by atoms with Crippen LogP contribution in [0.2, 0.25) is 5.02 Å². The van der Waals surface area contributed by atoms with Gasteiger partial charge in [0.1, 0.15) is 5.82 Å². The Hall–Kier alpha value is -2.83. The van der Waals surface area contributed by atoms with Crippen LogP contribution in [0.1, 0.15) is 17.0 Å². The predicted molar refractivity (Wildman–Crippen MR) is 115 cm³/mol. The number of aryl methyl sites for hydroxylation is 1. The summed E-state index contributed by atoms with van der Waals surface area (Å²) in [6.45, 7) is 4.05. The summed E-state index contributed by atoms with van der Waals surface area (Å²) >= 11 is 7.31. The van der Waals surface area contributed by atoms with Crippen LogP contribution in [0, 0.1) is 13.8 Å². The molecule has 0 spiro atoms. The lowest BCUT2D eigenvalue weighted by Crippen LogP contribution is -2.19. The third-order valence-corrected chi connectivity index (χ3v) is 5.47. The zero-order valence-corrected chi connectivity index (χ0v) is 16.9. The lowest BCUT2D eigenvalue weighted by Gasteiger charge is -2.07. The Kier molecular flexibility index (Phi) is 5.07. The Morgan fingerprint density at radius 3 is 2.79 bits per heavy atom. The van der Waals surface area contributed by atoms with E-state index in [2.05, 4.69) is 25.9 Å². The molecular weight excluding hydrogens is 392 g/mol. The molecule has 1 aliphatic heterocycles. The maximum absolute atomic E-state index is 12.4. The summed E-state index contributed by atoms with van der Waals surface area (Å²) in [6, 6.07) is 15.1. The van der Waals surface area contributed by atoms with Crippen molar-refractivity contribution in [1.29, 1.82) is 0 Å². The third-order valence-electron chi connectivity index (χ3n) is 4.32. The number of aliphatic imine (C=N–C) groups is 1. The van der Waals surface area contributed by atoms with E-state index >= 15 is 0 Å². The average molecular weight is 409 g/mol. The smallest absolute Gasteiger partial charge is 0.264 e. The zero-order valence-electron chi connectivity index (χ0n) is 15.3. The van der Waals surface area contributed by atoms with E-state index in [-0.39, 0.29) is 5.91 Å². The summed E-state index contributed by atoms with van der Waals surface area (Å²) in [4.78, 5) is 21.9. The Morgan fingerprint density at radius 2 is 2.04 bits per heavy atom. The van der Waals surface area contributed by atoms with Crippen LogP contribution in [-0.4, -0.2) is 20.6 Å². The standard InChI is InChI=1S/C21H17ClN4OS/c1-13-10-15(14(2)26(13)19-8-3-4-9-23-19)11-18-20(27)25-21(28-18)24-17-7-5-6-16(22)12-17/h3-12H,1-2H3,(H,24,25,27)/b18-11-. The number of carbonyl (C=O) groups is 1. The van der Waals surface area contributed by atoms with Gasteiger partial charge in [-0.1, -0.05) is 23.7 Å². The number of halogens is 1. The molecule has 140 valence electrons. The first-order valence-electron chi connectivity index (χ1n) is 8.67. The molecular formula is C21H17ClN4OS. The molecule has 0 radical (unpaired) electrons. The Morgan fingerprint density at radius 1 is 1.18 bits per heavy atom. The van der Waals surface area contributed by atoms with Gasteiger partial charge in [0.25, 0.3) is 5.91 Å². The van der Waals surface area contributed by atoms with E-state index in [1.807, 2.05) is 50.3 Å². The molecule has 1 amide bonds. The van der Waals surface area contributed by atoms with E-state index in [9.17, 15) is 4.79 Å². The third kappa shape index (κ3) is 3.74. The lowest BCUT2D eigenvalue weighted by molar-refractivity contribution is -0.115. The molecule has 28 heavy (non-hydrogen) atoms. The molecule has 0 saturated carbocycles. The topological polar surface area (TPSA) is 59.3 Å². The van der Waals surface area contributed by atoms with E-state index in [1.165, 1.54) is 11.8 Å². The van der Waals surface area contributed by atoms with Gasteiger partial charge in [0.05, 0.1) is 10.6 Å². The van der Waals surface area contributed by atoms with Crippen molar-refractivity contribution in [2.24, 2.45) is 4.99 Å². The van der Waals surface area contributed by atoms with Crippen molar-refractivity contribution in [2.45, 2.75) is 13.8 Å². The largest absolute Gasteiger partial charge is 0.303 e. The monoisotopic (exact) mass is 408 g/mol. The van der Waals surface area contributed by atoms with Crippen molar-refractivity contribution < 1.29 is 4.79 Å². The van der Waals surface area contributed by atoms with E-state index in [0.717, 1.165) is 22.8 Å². The van der Waals surface area contributed by atoms with Crippen LogP contribution >= 0.6 is 23.4 Å². The van der Waals surface area contributed by atoms with Gasteiger partial charge in [0, 0.05) is 22.6 Å². The number of aromatic nitrogens is 2. The van der Waals surface area contributed by atoms with Crippen LogP contribution in [-0.2, 0) is 4.79 Å². The number of benzene rings is 1. The van der Waals surface area contributed by atoms with Gasteiger partial charge in [0.2, 0.25) is 0 Å². The van der Waals surface area contributed by atoms with Gasteiger partial charge < -0.3 is 9.88 Å². The van der Waals surface area contributed by atoms with Crippen LogP contribution in [0.15, 0.2) is 64.6 Å². The van der Waals surface area contributed by atoms with Crippen LogP contribution in [0.25, 0.3) is 11.9 Å². The maximum Gasteiger partial charge on any atom is 0.264 e. The highest BCUT2D eigenvalue weighted by Gasteiger charge is 2.24. The second-order valence-electron chi connectivity index (χ2n) is 6.31. The summed E-state index contributed by atoms with van der Waals surface area (Å²) in [5.41, 5.74) is 3.76. The molecule has 1 aromatic carbocycles. The van der Waals surface area contributed by atoms with Crippen LogP contribution in [0.5, 0.6) is 0 Å². The minimum absolute atomic E-state index is 0.159. The predicted octanol–water partition coefficient (Wildman–Crippen LogP) is 5.03. The van der Waals surface area contributed by atoms with Crippen molar-refractivity contribution in [1.82, 2.24) is 14.9 Å². The van der Waals surface area contributed by atoms with Crippen molar-refractivity contribution in [2.75, 3.05) is 0 Å². The number of amidine groups is 1. The quantitative estimate of drug-likeness (QED) is 0.618. The van der Waals surface area contributed by atoms with Crippen molar-refractivity contribution >= 4 is 46.2 Å². The van der Waals surface area contributed by atoms with Gasteiger partial charge >= 0.3 is 0 Å². The number of hydrogen-bond acceptors (Lipinski definition) is 4. The Balaban J connectivity index is 1.64. The molecule has 1 aliphatic rings. The molecule has 2 aromatic heterocycles. The highest BCUT2D eigenvalue weighted by molar-refractivity contribution is 8.18.